The van der Waals surface area contributed by atoms with E-state index in [2.05, 4.69) is 33.1 Å². The van der Waals surface area contributed by atoms with Gasteiger partial charge in [-0.2, -0.15) is 5.10 Å². The highest BCUT2D eigenvalue weighted by atomic mass is 127. The van der Waals surface area contributed by atoms with Gasteiger partial charge in [0, 0.05) is 15.6 Å². The third kappa shape index (κ3) is 4.77. The molecule has 0 saturated heterocycles. The predicted molar refractivity (Wildman–Crippen MR) is 89.7 cm³/mol. The monoisotopic (exact) mass is 378 g/mol. The summed E-state index contributed by atoms with van der Waals surface area (Å²) < 4.78 is 1.10. The van der Waals surface area contributed by atoms with E-state index in [-0.39, 0.29) is 5.91 Å². The third-order valence-electron chi connectivity index (χ3n) is 2.78. The summed E-state index contributed by atoms with van der Waals surface area (Å²) in [5.41, 5.74) is 4.71. The van der Waals surface area contributed by atoms with Crippen molar-refractivity contribution >= 4 is 34.7 Å². The molecule has 2 aromatic rings. The van der Waals surface area contributed by atoms with Crippen LogP contribution in [0.1, 0.15) is 17.5 Å². The molecule has 0 heterocycles. The normalized spacial score (nSPS) is 10.7. The molecule has 0 radical (unpaired) electrons. The number of carbonyl (C=O) groups excluding carboxylic acids is 1. The fourth-order valence-corrected chi connectivity index (χ4v) is 2.24. The summed E-state index contributed by atoms with van der Waals surface area (Å²) >= 11 is 2.24. The van der Waals surface area contributed by atoms with Crippen LogP contribution in [0.5, 0.6) is 0 Å². The Morgan fingerprint density at radius 2 is 1.80 bits per heavy atom. The van der Waals surface area contributed by atoms with E-state index < -0.39 is 0 Å². The minimum absolute atomic E-state index is 0.0731. The van der Waals surface area contributed by atoms with Crippen molar-refractivity contribution in [3.05, 3.63) is 69.3 Å². The van der Waals surface area contributed by atoms with Gasteiger partial charge < -0.3 is 0 Å². The lowest BCUT2D eigenvalue weighted by molar-refractivity contribution is -0.121. The van der Waals surface area contributed by atoms with E-state index >= 15 is 0 Å². The smallest absolute Gasteiger partial charge is 0.240 e. The number of hydrazone groups is 1. The molecule has 0 aliphatic heterocycles. The van der Waals surface area contributed by atoms with Crippen molar-refractivity contribution in [2.45, 2.75) is 12.8 Å². The molecule has 4 heteroatoms. The first-order chi connectivity index (χ1) is 9.75. The quantitative estimate of drug-likeness (QED) is 0.484. The summed E-state index contributed by atoms with van der Waals surface area (Å²) in [6.45, 7) is 0. The minimum Gasteiger partial charge on any atom is -0.273 e. The minimum atomic E-state index is -0.0731. The van der Waals surface area contributed by atoms with Gasteiger partial charge in [0.1, 0.15) is 0 Å². The summed E-state index contributed by atoms with van der Waals surface area (Å²) in [7, 11) is 0. The molecule has 0 bridgehead atoms. The van der Waals surface area contributed by atoms with Crippen molar-refractivity contribution in [3.63, 3.8) is 0 Å². The van der Waals surface area contributed by atoms with Gasteiger partial charge in [0.05, 0.1) is 6.21 Å². The number of aryl methyl sites for hydroxylation is 1. The molecule has 0 atom stereocenters. The predicted octanol–water partition coefficient (Wildman–Crippen LogP) is 3.37. The molecule has 3 nitrogen and oxygen atoms in total. The van der Waals surface area contributed by atoms with E-state index in [1.54, 1.807) is 6.21 Å². The summed E-state index contributed by atoms with van der Waals surface area (Å²) in [6, 6.07) is 17.8. The van der Waals surface area contributed by atoms with Gasteiger partial charge in [-0.1, -0.05) is 48.5 Å². The van der Waals surface area contributed by atoms with Crippen molar-refractivity contribution < 1.29 is 4.79 Å². The average Bonchev–Trinajstić information content (AvgIpc) is 2.48. The SMILES string of the molecule is O=C(CCc1ccccc1)N/N=C\c1ccccc1I. The molecule has 0 spiro atoms. The number of carbonyl (C=O) groups is 1. The van der Waals surface area contributed by atoms with Crippen molar-refractivity contribution in [3.8, 4) is 0 Å². The van der Waals surface area contributed by atoms with E-state index in [4.69, 9.17) is 0 Å². The van der Waals surface area contributed by atoms with Crippen molar-refractivity contribution in [1.29, 1.82) is 0 Å². The molecular weight excluding hydrogens is 363 g/mol. The Balaban J connectivity index is 1.79. The zero-order valence-corrected chi connectivity index (χ0v) is 13.1. The van der Waals surface area contributed by atoms with Crippen LogP contribution in [0, 0.1) is 3.57 Å². The number of rotatable bonds is 5. The maximum Gasteiger partial charge on any atom is 0.240 e. The molecule has 0 aromatic heterocycles. The Morgan fingerprint density at radius 3 is 2.55 bits per heavy atom. The van der Waals surface area contributed by atoms with Gasteiger partial charge in [0.25, 0.3) is 0 Å². The van der Waals surface area contributed by atoms with Crippen LogP contribution in [0.25, 0.3) is 0 Å². The van der Waals surface area contributed by atoms with Gasteiger partial charge in [-0.3, -0.25) is 4.79 Å². The highest BCUT2D eigenvalue weighted by Crippen LogP contribution is 2.08. The molecule has 0 aliphatic carbocycles. The Kier molecular flexibility index (Phi) is 5.73. The zero-order chi connectivity index (χ0) is 14.2. The zero-order valence-electron chi connectivity index (χ0n) is 10.9. The average molecular weight is 378 g/mol. The van der Waals surface area contributed by atoms with Gasteiger partial charge in [-0.05, 0) is 40.6 Å². The maximum atomic E-state index is 11.7. The first kappa shape index (κ1) is 14.7. The molecule has 0 fully saturated rings. The van der Waals surface area contributed by atoms with Gasteiger partial charge >= 0.3 is 0 Å². The van der Waals surface area contributed by atoms with Crippen molar-refractivity contribution in [1.82, 2.24) is 5.43 Å². The molecule has 1 amide bonds. The van der Waals surface area contributed by atoms with Crippen LogP contribution in [-0.2, 0) is 11.2 Å². The van der Waals surface area contributed by atoms with Gasteiger partial charge in [0.2, 0.25) is 5.91 Å². The van der Waals surface area contributed by atoms with E-state index in [0.717, 1.165) is 21.1 Å². The second-order valence-electron chi connectivity index (χ2n) is 4.30. The fraction of sp³-hybridized carbons (Fsp3) is 0.125. The number of nitrogens with zero attached hydrogens (tertiary/aromatic N) is 1. The summed E-state index contributed by atoms with van der Waals surface area (Å²) in [5, 5.41) is 3.99. The highest BCUT2D eigenvalue weighted by Gasteiger charge is 2.00. The molecule has 0 aliphatic rings. The Morgan fingerprint density at radius 1 is 1.10 bits per heavy atom. The molecule has 0 saturated carbocycles. The van der Waals surface area contributed by atoms with Crippen LogP contribution < -0.4 is 5.43 Å². The number of amides is 1. The van der Waals surface area contributed by atoms with Crippen LogP contribution in [0.4, 0.5) is 0 Å². The highest BCUT2D eigenvalue weighted by molar-refractivity contribution is 14.1. The Bertz CT molecular complexity index is 596. The largest absolute Gasteiger partial charge is 0.273 e. The molecule has 1 N–H and O–H groups in total. The van der Waals surface area contributed by atoms with Crippen LogP contribution in [0.15, 0.2) is 59.7 Å². The van der Waals surface area contributed by atoms with Gasteiger partial charge in [-0.25, -0.2) is 5.43 Å². The number of hydrogen-bond donors (Lipinski definition) is 1. The molecule has 20 heavy (non-hydrogen) atoms. The van der Waals surface area contributed by atoms with Crippen LogP contribution >= 0.6 is 22.6 Å². The standard InChI is InChI=1S/C16H15IN2O/c17-15-9-5-4-8-14(15)12-18-19-16(20)11-10-13-6-2-1-3-7-13/h1-9,12H,10-11H2,(H,19,20)/b18-12-. The molecule has 102 valence electrons. The summed E-state index contributed by atoms with van der Waals surface area (Å²) in [6.07, 6.45) is 2.83. The van der Waals surface area contributed by atoms with Crippen LogP contribution in [0.3, 0.4) is 0 Å². The van der Waals surface area contributed by atoms with E-state index in [1.807, 2.05) is 54.6 Å². The number of halogens is 1. The topological polar surface area (TPSA) is 41.5 Å². The molecular formula is C16H15IN2O. The van der Waals surface area contributed by atoms with Crippen LogP contribution in [0.2, 0.25) is 0 Å². The first-order valence-electron chi connectivity index (χ1n) is 6.36. The van der Waals surface area contributed by atoms with E-state index in [9.17, 15) is 4.79 Å². The second kappa shape index (κ2) is 7.79. The molecule has 2 rings (SSSR count). The third-order valence-corrected chi connectivity index (χ3v) is 3.76. The maximum absolute atomic E-state index is 11.7. The van der Waals surface area contributed by atoms with Gasteiger partial charge in [-0.15, -0.1) is 0 Å². The van der Waals surface area contributed by atoms with Crippen molar-refractivity contribution in [2.24, 2.45) is 5.10 Å². The molecule has 2 aromatic carbocycles. The first-order valence-corrected chi connectivity index (χ1v) is 7.44. The summed E-state index contributed by atoms with van der Waals surface area (Å²) in [5.74, 6) is -0.0731. The number of hydrogen-bond acceptors (Lipinski definition) is 2. The fourth-order valence-electron chi connectivity index (χ4n) is 1.71. The lowest BCUT2D eigenvalue weighted by Crippen LogP contribution is -2.17. The Labute approximate surface area is 132 Å². The lowest BCUT2D eigenvalue weighted by atomic mass is 10.1. The summed E-state index contributed by atoms with van der Waals surface area (Å²) in [4.78, 5) is 11.7. The lowest BCUT2D eigenvalue weighted by Gasteiger charge is -2.01. The van der Waals surface area contributed by atoms with E-state index in [1.165, 1.54) is 0 Å². The van der Waals surface area contributed by atoms with E-state index in [0.29, 0.717) is 6.42 Å². The molecule has 0 unspecified atom stereocenters. The van der Waals surface area contributed by atoms with Crippen LogP contribution in [-0.4, -0.2) is 12.1 Å². The second-order valence-corrected chi connectivity index (χ2v) is 5.46. The van der Waals surface area contributed by atoms with Crippen molar-refractivity contribution in [2.75, 3.05) is 0 Å². The number of nitrogens with one attached hydrogen (secondary N) is 1. The Hall–Kier alpha value is -1.69. The van der Waals surface area contributed by atoms with Gasteiger partial charge in [0.15, 0.2) is 0 Å². The number of benzene rings is 2.